The van der Waals surface area contributed by atoms with E-state index in [2.05, 4.69) is 20.6 Å². The predicted octanol–water partition coefficient (Wildman–Crippen LogP) is 3.07. The third-order valence-electron chi connectivity index (χ3n) is 4.30. The van der Waals surface area contributed by atoms with Crippen molar-refractivity contribution in [2.24, 2.45) is 0 Å². The van der Waals surface area contributed by atoms with E-state index in [1.54, 1.807) is 12.4 Å². The van der Waals surface area contributed by atoms with E-state index < -0.39 is 0 Å². The van der Waals surface area contributed by atoms with E-state index in [1.807, 2.05) is 31.2 Å². The summed E-state index contributed by atoms with van der Waals surface area (Å²) < 4.78 is 0. The quantitative estimate of drug-likeness (QED) is 0.890. The third kappa shape index (κ3) is 4.06. The minimum absolute atomic E-state index is 0.152. The molecular weight excluding hydrogens is 288 g/mol. The number of aryl methyl sites for hydroxylation is 1. The van der Waals surface area contributed by atoms with Crippen LogP contribution in [-0.4, -0.2) is 21.9 Å². The highest BCUT2D eigenvalue weighted by atomic mass is 16.1. The molecule has 1 fully saturated rings. The summed E-state index contributed by atoms with van der Waals surface area (Å²) in [5, 5.41) is 6.23. The van der Waals surface area contributed by atoms with Crippen molar-refractivity contribution in [3.63, 3.8) is 0 Å². The third-order valence-corrected chi connectivity index (χ3v) is 4.30. The highest BCUT2D eigenvalue weighted by Gasteiger charge is 2.15. The second-order valence-corrected chi connectivity index (χ2v) is 6.03. The smallest absolute Gasteiger partial charge is 0.254 e. The van der Waals surface area contributed by atoms with Crippen LogP contribution >= 0.6 is 0 Å². The molecule has 0 aliphatic heterocycles. The average molecular weight is 310 g/mol. The Morgan fingerprint density at radius 1 is 1.17 bits per heavy atom. The first kappa shape index (κ1) is 15.5. The molecular formula is C18H22N4O. The Hall–Kier alpha value is -2.43. The van der Waals surface area contributed by atoms with Crippen LogP contribution in [-0.2, 0) is 6.54 Å². The monoisotopic (exact) mass is 310 g/mol. The number of nitrogens with one attached hydrogen (secondary N) is 2. The Morgan fingerprint density at radius 3 is 2.57 bits per heavy atom. The number of carbonyl (C=O) groups is 1. The van der Waals surface area contributed by atoms with Crippen LogP contribution < -0.4 is 10.6 Å². The van der Waals surface area contributed by atoms with Crippen molar-refractivity contribution in [1.29, 1.82) is 0 Å². The Kier molecular flexibility index (Phi) is 4.86. The zero-order valence-corrected chi connectivity index (χ0v) is 13.4. The molecule has 2 aromatic rings. The molecule has 0 radical (unpaired) electrons. The summed E-state index contributed by atoms with van der Waals surface area (Å²) >= 11 is 0. The summed E-state index contributed by atoms with van der Waals surface area (Å²) in [4.78, 5) is 20.7. The minimum Gasteiger partial charge on any atom is -0.351 e. The van der Waals surface area contributed by atoms with Crippen LogP contribution in [0, 0.1) is 6.92 Å². The molecule has 5 heteroatoms. The number of hydrogen-bond acceptors (Lipinski definition) is 4. The maximum Gasteiger partial charge on any atom is 0.254 e. The second kappa shape index (κ2) is 7.22. The second-order valence-electron chi connectivity index (χ2n) is 6.03. The van der Waals surface area contributed by atoms with E-state index in [-0.39, 0.29) is 5.91 Å². The number of aromatic nitrogens is 2. The van der Waals surface area contributed by atoms with Gasteiger partial charge in [0.25, 0.3) is 5.91 Å². The molecule has 1 aromatic heterocycles. The number of anilines is 1. The van der Waals surface area contributed by atoms with Gasteiger partial charge in [-0.3, -0.25) is 4.79 Å². The van der Waals surface area contributed by atoms with Crippen LogP contribution in [0.25, 0.3) is 0 Å². The van der Waals surface area contributed by atoms with Gasteiger partial charge < -0.3 is 10.6 Å². The van der Waals surface area contributed by atoms with Gasteiger partial charge in [0.2, 0.25) is 5.95 Å². The average Bonchev–Trinajstić information content (AvgIpc) is 3.07. The van der Waals surface area contributed by atoms with Crippen molar-refractivity contribution in [3.05, 3.63) is 53.3 Å². The molecule has 23 heavy (non-hydrogen) atoms. The van der Waals surface area contributed by atoms with Crippen molar-refractivity contribution in [2.75, 3.05) is 5.32 Å². The summed E-state index contributed by atoms with van der Waals surface area (Å²) in [6.45, 7) is 2.54. The first-order chi connectivity index (χ1) is 11.2. The fraction of sp³-hybridized carbons (Fsp3) is 0.389. The van der Waals surface area contributed by atoms with Gasteiger partial charge >= 0.3 is 0 Å². The largest absolute Gasteiger partial charge is 0.351 e. The molecule has 2 N–H and O–H groups in total. The zero-order chi connectivity index (χ0) is 16.1. The fourth-order valence-electron chi connectivity index (χ4n) is 2.86. The SMILES string of the molecule is Cc1ccccc1CNC(=O)c1cnc(NC2CCCC2)nc1. The molecule has 5 nitrogen and oxygen atoms in total. The number of benzene rings is 1. The summed E-state index contributed by atoms with van der Waals surface area (Å²) in [7, 11) is 0. The standard InChI is InChI=1S/C18H22N4O/c1-13-6-2-3-7-14(13)10-19-17(23)15-11-20-18(21-12-15)22-16-8-4-5-9-16/h2-3,6-7,11-12,16H,4-5,8-10H2,1H3,(H,19,23)(H,20,21,22). The molecule has 0 spiro atoms. The Bertz CT molecular complexity index is 663. The van der Waals surface area contributed by atoms with Gasteiger partial charge in [0.15, 0.2) is 0 Å². The van der Waals surface area contributed by atoms with Gasteiger partial charge in [-0.05, 0) is 30.9 Å². The van der Waals surface area contributed by atoms with Crippen LogP contribution in [0.15, 0.2) is 36.7 Å². The summed E-state index contributed by atoms with van der Waals surface area (Å²) in [6.07, 6.45) is 8.02. The lowest BCUT2D eigenvalue weighted by Gasteiger charge is -2.11. The Labute approximate surface area is 136 Å². The van der Waals surface area contributed by atoms with Gasteiger partial charge in [0, 0.05) is 25.0 Å². The van der Waals surface area contributed by atoms with Crippen molar-refractivity contribution < 1.29 is 4.79 Å². The van der Waals surface area contributed by atoms with Crippen LogP contribution in [0.2, 0.25) is 0 Å². The molecule has 1 aliphatic carbocycles. The molecule has 1 heterocycles. The molecule has 1 aliphatic rings. The van der Waals surface area contributed by atoms with Crippen LogP contribution in [0.4, 0.5) is 5.95 Å². The highest BCUT2D eigenvalue weighted by molar-refractivity contribution is 5.93. The van der Waals surface area contributed by atoms with E-state index in [9.17, 15) is 4.79 Å². The molecule has 0 unspecified atom stereocenters. The summed E-state index contributed by atoms with van der Waals surface area (Å²) in [5.74, 6) is 0.452. The summed E-state index contributed by atoms with van der Waals surface area (Å²) in [5.41, 5.74) is 2.76. The van der Waals surface area contributed by atoms with Crippen molar-refractivity contribution in [1.82, 2.24) is 15.3 Å². The van der Waals surface area contributed by atoms with E-state index in [4.69, 9.17) is 0 Å². The number of nitrogens with zero attached hydrogens (tertiary/aromatic N) is 2. The van der Waals surface area contributed by atoms with Gasteiger partial charge in [0.1, 0.15) is 0 Å². The molecule has 1 saturated carbocycles. The number of carbonyl (C=O) groups excluding carboxylic acids is 1. The normalized spacial score (nSPS) is 14.7. The molecule has 0 atom stereocenters. The molecule has 1 aromatic carbocycles. The van der Waals surface area contributed by atoms with Crippen molar-refractivity contribution in [2.45, 2.75) is 45.2 Å². The van der Waals surface area contributed by atoms with Gasteiger partial charge in [-0.2, -0.15) is 0 Å². The van der Waals surface area contributed by atoms with E-state index >= 15 is 0 Å². The van der Waals surface area contributed by atoms with Crippen molar-refractivity contribution >= 4 is 11.9 Å². The fourth-order valence-corrected chi connectivity index (χ4v) is 2.86. The number of hydrogen-bond donors (Lipinski definition) is 2. The van der Waals surface area contributed by atoms with E-state index in [0.717, 1.165) is 5.56 Å². The van der Waals surface area contributed by atoms with Crippen LogP contribution in [0.5, 0.6) is 0 Å². The minimum atomic E-state index is -0.152. The van der Waals surface area contributed by atoms with E-state index in [1.165, 1.54) is 31.2 Å². The predicted molar refractivity (Wildman–Crippen MR) is 90.3 cm³/mol. The zero-order valence-electron chi connectivity index (χ0n) is 13.4. The molecule has 3 rings (SSSR count). The first-order valence-corrected chi connectivity index (χ1v) is 8.13. The van der Waals surface area contributed by atoms with E-state index in [0.29, 0.717) is 24.1 Å². The lowest BCUT2D eigenvalue weighted by molar-refractivity contribution is 0.0950. The molecule has 0 saturated heterocycles. The number of rotatable bonds is 5. The molecule has 0 bridgehead atoms. The maximum absolute atomic E-state index is 12.2. The Morgan fingerprint density at radius 2 is 1.87 bits per heavy atom. The van der Waals surface area contributed by atoms with Crippen molar-refractivity contribution in [3.8, 4) is 0 Å². The maximum atomic E-state index is 12.2. The van der Waals surface area contributed by atoms with Gasteiger partial charge in [-0.25, -0.2) is 9.97 Å². The lowest BCUT2D eigenvalue weighted by Crippen LogP contribution is -2.24. The lowest BCUT2D eigenvalue weighted by atomic mass is 10.1. The number of amides is 1. The first-order valence-electron chi connectivity index (χ1n) is 8.13. The van der Waals surface area contributed by atoms with Gasteiger partial charge in [-0.15, -0.1) is 0 Å². The van der Waals surface area contributed by atoms with Gasteiger partial charge in [0.05, 0.1) is 5.56 Å². The Balaban J connectivity index is 1.56. The van der Waals surface area contributed by atoms with Crippen LogP contribution in [0.1, 0.15) is 47.2 Å². The topological polar surface area (TPSA) is 66.9 Å². The van der Waals surface area contributed by atoms with Gasteiger partial charge in [-0.1, -0.05) is 37.1 Å². The summed E-state index contributed by atoms with van der Waals surface area (Å²) in [6, 6.07) is 8.48. The van der Waals surface area contributed by atoms with Crippen LogP contribution in [0.3, 0.4) is 0 Å². The molecule has 1 amide bonds. The molecule has 120 valence electrons. The highest BCUT2D eigenvalue weighted by Crippen LogP contribution is 2.20.